The van der Waals surface area contributed by atoms with Crippen molar-refractivity contribution in [2.45, 2.75) is 5.92 Å². The number of hydrogen-bond acceptors (Lipinski definition) is 2. The summed E-state index contributed by atoms with van der Waals surface area (Å²) in [7, 11) is 0. The summed E-state index contributed by atoms with van der Waals surface area (Å²) in [6, 6.07) is 0.760. The first-order valence-corrected chi connectivity index (χ1v) is 3.32. The number of rotatable bonds is 2. The molecule has 0 unspecified atom stereocenters. The highest BCUT2D eigenvalue weighted by molar-refractivity contribution is 5.78. The van der Waals surface area contributed by atoms with E-state index in [1.165, 1.54) is 0 Å². The van der Waals surface area contributed by atoms with Crippen LogP contribution in [0.25, 0.3) is 0 Å². The van der Waals surface area contributed by atoms with Crippen LogP contribution in [0.5, 0.6) is 5.75 Å². The van der Waals surface area contributed by atoms with Crippen LogP contribution in [-0.2, 0) is 10.7 Å². The van der Waals surface area contributed by atoms with Crippen LogP contribution in [0.4, 0.5) is 13.2 Å². The molecule has 13 heavy (non-hydrogen) atoms. The van der Waals surface area contributed by atoms with Gasteiger partial charge in [0.1, 0.15) is 5.75 Å². The smallest absolute Gasteiger partial charge is 0.375 e. The van der Waals surface area contributed by atoms with Crippen LogP contribution >= 0.6 is 0 Å². The fourth-order valence-electron chi connectivity index (χ4n) is 0.784. The van der Waals surface area contributed by atoms with Gasteiger partial charge in [0.15, 0.2) is 0 Å². The predicted molar refractivity (Wildman–Crippen MR) is 38.1 cm³/mol. The molecule has 0 aliphatic carbocycles. The maximum atomic E-state index is 12.6. The third kappa shape index (κ3) is 1.80. The largest absolute Gasteiger partial charge is 0.508 e. The summed E-state index contributed by atoms with van der Waals surface area (Å²) < 4.78 is 37.0. The molecule has 2 nitrogen and oxygen atoms in total. The lowest BCUT2D eigenvalue weighted by Gasteiger charge is -2.09. The molecule has 0 amide bonds. The van der Waals surface area contributed by atoms with Gasteiger partial charge >= 0.3 is 12.0 Å². The van der Waals surface area contributed by atoms with Gasteiger partial charge in [0.25, 0.3) is 0 Å². The van der Waals surface area contributed by atoms with E-state index in [1.807, 2.05) is 0 Å². The number of benzene rings is 1. The van der Waals surface area contributed by atoms with E-state index in [0.717, 1.165) is 24.3 Å². The lowest BCUT2D eigenvalue weighted by atomic mass is 10.1. The van der Waals surface area contributed by atoms with Crippen LogP contribution in [0.15, 0.2) is 24.3 Å². The Bertz CT molecular complexity index is 319. The first-order chi connectivity index (χ1) is 5.94. The highest BCUT2D eigenvalue weighted by atomic mass is 19.3. The third-order valence-electron chi connectivity index (χ3n) is 1.48. The zero-order valence-corrected chi connectivity index (χ0v) is 6.30. The predicted octanol–water partition coefficient (Wildman–Crippen LogP) is 1.98. The van der Waals surface area contributed by atoms with Gasteiger partial charge in [-0.3, -0.25) is 4.79 Å². The van der Waals surface area contributed by atoms with Crippen LogP contribution in [0, 0.1) is 0 Å². The van der Waals surface area contributed by atoms with Crippen LogP contribution in [0.1, 0.15) is 5.56 Å². The van der Waals surface area contributed by atoms with Crippen molar-refractivity contribution in [3.63, 3.8) is 0 Å². The topological polar surface area (TPSA) is 37.3 Å². The lowest BCUT2D eigenvalue weighted by molar-refractivity contribution is -0.157. The van der Waals surface area contributed by atoms with E-state index in [1.54, 1.807) is 0 Å². The van der Waals surface area contributed by atoms with Gasteiger partial charge in [0.05, 0.1) is 0 Å². The summed E-state index contributed by atoms with van der Waals surface area (Å²) in [6.45, 7) is 0. The van der Waals surface area contributed by atoms with Crippen LogP contribution in [0.2, 0.25) is 0 Å². The molecule has 0 heterocycles. The first-order valence-electron chi connectivity index (χ1n) is 3.32. The average Bonchev–Trinajstić information content (AvgIpc) is 2.04. The molecule has 0 atom stereocenters. The van der Waals surface area contributed by atoms with Gasteiger partial charge < -0.3 is 5.11 Å². The van der Waals surface area contributed by atoms with E-state index < -0.39 is 17.5 Å². The Labute approximate surface area is 71.6 Å². The van der Waals surface area contributed by atoms with Crippen molar-refractivity contribution in [3.8, 4) is 5.75 Å². The van der Waals surface area contributed by atoms with Crippen molar-refractivity contribution in [1.29, 1.82) is 0 Å². The minimum Gasteiger partial charge on any atom is -0.508 e. The maximum Gasteiger partial charge on any atom is 0.375 e. The van der Waals surface area contributed by atoms with Gasteiger partial charge in [-0.05, 0) is 24.3 Å². The second-order valence-electron chi connectivity index (χ2n) is 2.39. The van der Waals surface area contributed by atoms with Gasteiger partial charge in [-0.2, -0.15) is 13.2 Å². The highest BCUT2D eigenvalue weighted by Gasteiger charge is 2.41. The summed E-state index contributed by atoms with van der Waals surface area (Å²) in [5, 5.41) is 8.74. The van der Waals surface area contributed by atoms with Crippen molar-refractivity contribution in [1.82, 2.24) is 0 Å². The Morgan fingerprint density at radius 2 is 1.69 bits per heavy atom. The van der Waals surface area contributed by atoms with E-state index in [4.69, 9.17) is 5.11 Å². The Morgan fingerprint density at radius 3 is 2.08 bits per heavy atom. The van der Waals surface area contributed by atoms with Gasteiger partial charge in [0, 0.05) is 5.56 Å². The summed E-state index contributed by atoms with van der Waals surface area (Å²) in [4.78, 5) is 9.87. The molecular weight excluding hydrogens is 185 g/mol. The molecule has 1 aromatic carbocycles. The van der Waals surface area contributed by atoms with E-state index in [9.17, 15) is 18.0 Å². The molecule has 0 spiro atoms. The van der Waals surface area contributed by atoms with Gasteiger partial charge in [0.2, 0.25) is 0 Å². The molecule has 5 heteroatoms. The molecule has 1 rings (SSSR count). The second-order valence-corrected chi connectivity index (χ2v) is 2.39. The minimum absolute atomic E-state index is 0.231. The lowest BCUT2D eigenvalue weighted by Crippen LogP contribution is -2.21. The Hall–Kier alpha value is -1.52. The van der Waals surface area contributed by atoms with Gasteiger partial charge in [-0.15, -0.1) is 0 Å². The fraction of sp³-hybridized carbons (Fsp3) is 0.125. The summed E-state index contributed by atoms with van der Waals surface area (Å²) in [5.41, 5.74) is -0.780. The number of aromatic hydroxyl groups is 1. The Balaban J connectivity index is 3.08. The highest BCUT2D eigenvalue weighted by Crippen LogP contribution is 2.30. The number of phenols is 1. The third-order valence-corrected chi connectivity index (χ3v) is 1.48. The molecule has 0 saturated carbocycles. The van der Waals surface area contributed by atoms with E-state index in [2.05, 4.69) is 0 Å². The average molecular weight is 190 g/mol. The van der Waals surface area contributed by atoms with Crippen molar-refractivity contribution in [2.24, 2.45) is 0 Å². The Kier molecular flexibility index (Phi) is 2.27. The van der Waals surface area contributed by atoms with Crippen LogP contribution < -0.4 is 0 Å². The van der Waals surface area contributed by atoms with Crippen molar-refractivity contribution in [2.75, 3.05) is 0 Å². The molecule has 0 fully saturated rings. The minimum atomic E-state index is -4.13. The molecule has 0 aliphatic heterocycles. The molecular formula is C8H5F3O2. The monoisotopic (exact) mass is 190 g/mol. The number of phenolic OH excluding ortho intramolecular Hbond substituents is 1. The number of hydrogen-bond donors (Lipinski definition) is 1. The zero-order valence-electron chi connectivity index (χ0n) is 6.30. The quantitative estimate of drug-likeness (QED) is 0.724. The molecule has 0 aliphatic rings. The molecule has 70 valence electrons. The molecule has 0 bridgehead atoms. The van der Waals surface area contributed by atoms with Crippen molar-refractivity contribution in [3.05, 3.63) is 29.8 Å². The first kappa shape index (κ1) is 9.57. The van der Waals surface area contributed by atoms with Crippen molar-refractivity contribution >= 4 is 6.04 Å². The summed E-state index contributed by atoms with van der Waals surface area (Å²) >= 11 is 0. The molecule has 0 saturated heterocycles. The fourth-order valence-corrected chi connectivity index (χ4v) is 0.784. The molecule has 0 radical (unpaired) electrons. The molecule has 1 aromatic rings. The number of alkyl halides is 2. The number of halogens is 3. The number of carbonyl (C=O) groups excluding carboxylic acids is 1. The standard InChI is InChI=1S/C8H5F3O2/c9-7(13)8(10,11)5-1-3-6(12)4-2-5/h1-4,12H. The van der Waals surface area contributed by atoms with Crippen LogP contribution in [0.3, 0.4) is 0 Å². The SMILES string of the molecule is O=C(F)C(F)(F)c1ccc(O)cc1. The summed E-state index contributed by atoms with van der Waals surface area (Å²) in [6.07, 6.45) is 0. The van der Waals surface area contributed by atoms with E-state index in [0.29, 0.717) is 0 Å². The van der Waals surface area contributed by atoms with Gasteiger partial charge in [-0.25, -0.2) is 0 Å². The van der Waals surface area contributed by atoms with Crippen molar-refractivity contribution < 1.29 is 23.1 Å². The van der Waals surface area contributed by atoms with Gasteiger partial charge in [-0.1, -0.05) is 0 Å². The summed E-state index contributed by atoms with van der Waals surface area (Å²) in [5.74, 6) is -4.36. The molecule has 1 N–H and O–H groups in total. The van der Waals surface area contributed by atoms with E-state index in [-0.39, 0.29) is 5.75 Å². The second kappa shape index (κ2) is 3.08. The normalized spacial score (nSPS) is 11.3. The van der Waals surface area contributed by atoms with E-state index >= 15 is 0 Å². The zero-order chi connectivity index (χ0) is 10.1. The number of carbonyl (C=O) groups is 1. The maximum absolute atomic E-state index is 12.6. The molecule has 0 aromatic heterocycles. The Morgan fingerprint density at radius 1 is 1.23 bits per heavy atom. The van der Waals surface area contributed by atoms with Crippen LogP contribution in [-0.4, -0.2) is 11.1 Å².